The number of ether oxygens (including phenoxy) is 2. The van der Waals surface area contributed by atoms with E-state index in [1.165, 1.54) is 18.8 Å². The van der Waals surface area contributed by atoms with E-state index in [1.54, 1.807) is 13.3 Å². The van der Waals surface area contributed by atoms with Crippen LogP contribution in [-0.2, 0) is 67.5 Å². The molecule has 318 valence electrons. The molecule has 0 heterocycles. The lowest BCUT2D eigenvalue weighted by Crippen LogP contribution is -2.19. The third kappa shape index (κ3) is 118. The topological polar surface area (TPSA) is 285 Å². The number of carbonyl (C=O) groups is 8. The van der Waals surface area contributed by atoms with Gasteiger partial charge in [0.25, 0.3) is 0 Å². The SMILES string of the molecule is C.C=CS(=O)(=O)CCOC(=O)CCCNC.C=O.C=O.C=O.C=O.C=O.C=O.CN.CNC.CNCCCC(=O)OCCS(=O)(=O)CCSC.CS. The number of hydrogen-bond acceptors (Lipinski definition) is 20. The summed E-state index contributed by atoms with van der Waals surface area (Å²) >= 11 is 5.02. The summed E-state index contributed by atoms with van der Waals surface area (Å²) in [5.74, 6) is -0.256. The van der Waals surface area contributed by atoms with Crippen LogP contribution in [0.1, 0.15) is 33.1 Å². The van der Waals surface area contributed by atoms with Crippen LogP contribution < -0.4 is 21.7 Å². The molecule has 0 unspecified atom stereocenters. The second kappa shape index (κ2) is 91.8. The fourth-order valence-electron chi connectivity index (χ4n) is 1.91. The number of nitrogens with one attached hydrogen (secondary N) is 3. The monoisotopic (exact) mass is 838 g/mol. The van der Waals surface area contributed by atoms with Crippen LogP contribution in [0.2, 0.25) is 0 Å². The average molecular weight is 839 g/mol. The first-order chi connectivity index (χ1) is 24.4. The molecule has 0 atom stereocenters. The summed E-state index contributed by atoms with van der Waals surface area (Å²) in [7, 11) is 2.51. The first-order valence-electron chi connectivity index (χ1n) is 13.9. The van der Waals surface area contributed by atoms with Gasteiger partial charge in [-0.15, -0.1) is 0 Å². The van der Waals surface area contributed by atoms with Gasteiger partial charge in [0.1, 0.15) is 53.9 Å². The van der Waals surface area contributed by atoms with Crippen LogP contribution in [0.25, 0.3) is 0 Å². The van der Waals surface area contributed by atoms with Crippen molar-refractivity contribution in [2.45, 2.75) is 33.1 Å². The van der Waals surface area contributed by atoms with Crippen LogP contribution in [-0.4, -0.2) is 167 Å². The van der Waals surface area contributed by atoms with Gasteiger partial charge < -0.3 is 59.9 Å². The van der Waals surface area contributed by atoms with Gasteiger partial charge in [-0.1, -0.05) is 14.0 Å². The van der Waals surface area contributed by atoms with E-state index in [0.717, 1.165) is 18.5 Å². The van der Waals surface area contributed by atoms with Crippen molar-refractivity contribution < 1.29 is 64.7 Å². The zero-order chi connectivity index (χ0) is 43.6. The molecule has 0 aliphatic carbocycles. The molecule has 0 aromatic heterocycles. The van der Waals surface area contributed by atoms with Gasteiger partial charge in [-0.3, -0.25) is 9.59 Å². The normalized spacial score (nSPS) is 7.94. The molecule has 0 aliphatic heterocycles. The lowest BCUT2D eigenvalue weighted by atomic mass is 10.3. The number of hydrogen-bond donors (Lipinski definition) is 5. The molecule has 22 heteroatoms. The third-order valence-corrected chi connectivity index (χ3v) is 7.49. The molecule has 0 rings (SSSR count). The predicted octanol–water partition coefficient (Wildman–Crippen LogP) is -0.122. The van der Waals surface area contributed by atoms with Crippen molar-refractivity contribution in [1.82, 2.24) is 16.0 Å². The highest BCUT2D eigenvalue weighted by Gasteiger charge is 2.12. The lowest BCUT2D eigenvalue weighted by molar-refractivity contribution is -0.144. The summed E-state index contributed by atoms with van der Waals surface area (Å²) in [6, 6.07) is 0. The van der Waals surface area contributed by atoms with Crippen molar-refractivity contribution in [2.24, 2.45) is 5.73 Å². The van der Waals surface area contributed by atoms with Gasteiger partial charge in [0.05, 0.1) is 17.3 Å². The van der Waals surface area contributed by atoms with Gasteiger partial charge in [-0.2, -0.15) is 24.4 Å². The Balaban J connectivity index is -0.0000000415. The van der Waals surface area contributed by atoms with Gasteiger partial charge in [-0.25, -0.2) is 16.8 Å². The zero-order valence-electron chi connectivity index (χ0n) is 31.5. The Labute approximate surface area is 324 Å². The number of carbonyl (C=O) groups excluding carboxylic acids is 8. The molecule has 0 fully saturated rings. The van der Waals surface area contributed by atoms with Crippen LogP contribution in [0.3, 0.4) is 0 Å². The highest BCUT2D eigenvalue weighted by atomic mass is 32.2. The van der Waals surface area contributed by atoms with E-state index in [-0.39, 0.29) is 49.8 Å². The minimum Gasteiger partial charge on any atom is -0.465 e. The smallest absolute Gasteiger partial charge is 0.305 e. The quantitative estimate of drug-likeness (QED) is 0.0683. The van der Waals surface area contributed by atoms with Crippen LogP contribution in [0, 0.1) is 0 Å². The van der Waals surface area contributed by atoms with Crippen molar-refractivity contribution in [2.75, 3.05) is 97.1 Å². The van der Waals surface area contributed by atoms with Gasteiger partial charge in [0.15, 0.2) is 19.7 Å². The maximum absolute atomic E-state index is 11.4. The molecule has 52 heavy (non-hydrogen) atoms. The van der Waals surface area contributed by atoms with E-state index >= 15 is 0 Å². The first kappa shape index (κ1) is 82.6. The third-order valence-electron chi connectivity index (χ3n) is 3.76. The van der Waals surface area contributed by atoms with Crippen LogP contribution >= 0.6 is 24.4 Å². The number of thioether (sulfide) groups is 1. The van der Waals surface area contributed by atoms with Crippen LogP contribution in [0.5, 0.6) is 0 Å². The lowest BCUT2D eigenvalue weighted by Gasteiger charge is -2.05. The summed E-state index contributed by atoms with van der Waals surface area (Å²) in [6.45, 7) is 16.5. The summed E-state index contributed by atoms with van der Waals surface area (Å²) in [5, 5.41) is 9.43. The molecule has 0 saturated heterocycles. The van der Waals surface area contributed by atoms with E-state index in [0.29, 0.717) is 31.4 Å². The fourth-order valence-corrected chi connectivity index (χ4v) is 4.62. The van der Waals surface area contributed by atoms with E-state index in [4.69, 9.17) is 38.2 Å². The van der Waals surface area contributed by atoms with Gasteiger partial charge >= 0.3 is 11.9 Å². The summed E-state index contributed by atoms with van der Waals surface area (Å²) in [4.78, 5) is 70.2. The second-order valence-electron chi connectivity index (χ2n) is 7.03. The maximum atomic E-state index is 11.4. The average Bonchev–Trinajstić information content (AvgIpc) is 3.18. The summed E-state index contributed by atoms with van der Waals surface area (Å²) in [5.41, 5.74) is 4.50. The Morgan fingerprint density at radius 2 is 0.962 bits per heavy atom. The molecule has 0 amide bonds. The van der Waals surface area contributed by atoms with Crippen molar-refractivity contribution in [3.63, 3.8) is 0 Å². The summed E-state index contributed by atoms with van der Waals surface area (Å²) < 4.78 is 54.3. The van der Waals surface area contributed by atoms with E-state index < -0.39 is 19.7 Å². The Morgan fingerprint density at radius 3 is 1.21 bits per heavy atom. The molecule has 0 aromatic rings. The van der Waals surface area contributed by atoms with Gasteiger partial charge in [-0.05, 0) is 73.7 Å². The molecule has 0 aromatic carbocycles. The highest BCUT2D eigenvalue weighted by molar-refractivity contribution is 8.00. The van der Waals surface area contributed by atoms with Crippen molar-refractivity contribution in [3.05, 3.63) is 12.0 Å². The standard InChI is InChI=1S/C10H21NO4S2.C9H17NO4S.C2H7N.CH5N.6CH2O.CH4S.CH4/c1-11-5-3-4-10(12)15-6-8-17(13,14)9-7-16-2;1-3-15(12,13)8-7-14-9(11)5-4-6-10-2;1-3-2;8*1-2;/h11H,3-9H2,1-2H3;3,10H,1,4-8H2,2H3;3H,1-2H3;2H2,1H3;6*1H2;2H,1H3;1H4. The minimum atomic E-state index is -3.27. The zero-order valence-corrected chi connectivity index (χ0v) is 34.8. The predicted molar refractivity (Wildman–Crippen MR) is 219 cm³/mol. The highest BCUT2D eigenvalue weighted by Crippen LogP contribution is 1.99. The molecular weight excluding hydrogens is 769 g/mol. The Kier molecular flexibility index (Phi) is 146. The Bertz CT molecular complexity index is 845. The number of nitrogens with two attached hydrogens (primary N) is 1. The maximum Gasteiger partial charge on any atom is 0.305 e. The number of thiol groups is 1. The van der Waals surface area contributed by atoms with Gasteiger partial charge in [0.2, 0.25) is 0 Å². The Morgan fingerprint density at radius 1 is 0.673 bits per heavy atom. The molecule has 0 radical (unpaired) electrons. The fraction of sp³-hybridized carbons (Fsp3) is 0.667. The summed E-state index contributed by atoms with van der Waals surface area (Å²) in [6.07, 6.45) is 5.57. The molecule has 0 saturated carbocycles. The molecule has 0 aliphatic rings. The van der Waals surface area contributed by atoms with Crippen LogP contribution in [0.15, 0.2) is 12.0 Å². The molecule has 0 bridgehead atoms. The second-order valence-corrected chi connectivity index (χ2v) is 12.4. The van der Waals surface area contributed by atoms with Crippen molar-refractivity contribution in [1.29, 1.82) is 0 Å². The minimum absolute atomic E-state index is 0. The van der Waals surface area contributed by atoms with Gasteiger partial charge in [0, 0.05) is 24.0 Å². The molecule has 0 spiro atoms. The molecule has 5 N–H and O–H groups in total. The Hall–Kier alpha value is -2.86. The van der Waals surface area contributed by atoms with Crippen molar-refractivity contribution >= 4 is 96.7 Å². The van der Waals surface area contributed by atoms with E-state index in [2.05, 4.69) is 40.9 Å². The largest absolute Gasteiger partial charge is 0.465 e. The number of rotatable bonds is 18. The van der Waals surface area contributed by atoms with Crippen LogP contribution in [0.4, 0.5) is 0 Å². The van der Waals surface area contributed by atoms with Crippen molar-refractivity contribution in [3.8, 4) is 0 Å². The number of esters is 2. The molecule has 18 nitrogen and oxygen atoms in total. The first-order valence-corrected chi connectivity index (χ1v) is 19.8. The van der Waals surface area contributed by atoms with E-state index in [9.17, 15) is 26.4 Å². The number of sulfone groups is 2. The molecular formula is C30H70N4O14S4. The van der Waals surface area contributed by atoms with E-state index in [1.807, 2.05) is 68.1 Å².